The van der Waals surface area contributed by atoms with Crippen molar-refractivity contribution in [3.8, 4) is 0 Å². The number of nitrogens with two attached hydrogens (primary N) is 1. The quantitative estimate of drug-likeness (QED) is 0.774. The van der Waals surface area contributed by atoms with Crippen LogP contribution in [0.5, 0.6) is 0 Å². The smallest absolute Gasteiger partial charge is 0.309 e. The van der Waals surface area contributed by atoms with E-state index in [1.807, 2.05) is 0 Å². The van der Waals surface area contributed by atoms with Crippen molar-refractivity contribution < 1.29 is 18.4 Å². The topological polar surface area (TPSA) is 98.5 Å². The maximum atomic E-state index is 11.1. The number of rotatable bonds is 4. The minimum absolute atomic E-state index is 0.169. The summed E-state index contributed by atoms with van der Waals surface area (Å²) in [7, 11) is 0. The summed E-state index contributed by atoms with van der Waals surface area (Å²) in [5.74, 6) is -0.881. The first kappa shape index (κ1) is 12.0. The van der Waals surface area contributed by atoms with Gasteiger partial charge in [-0.15, -0.1) is 0 Å². The van der Waals surface area contributed by atoms with Crippen LogP contribution >= 0.6 is 0 Å². The molecule has 0 aliphatic carbocycles. The zero-order valence-corrected chi connectivity index (χ0v) is 9.46. The second-order valence-corrected chi connectivity index (χ2v) is 3.66. The van der Waals surface area contributed by atoms with E-state index < -0.39 is 11.8 Å². The number of primary amides is 1. The molecule has 6 nitrogen and oxygen atoms in total. The van der Waals surface area contributed by atoms with Gasteiger partial charge in [0.25, 0.3) is 0 Å². The number of nitrogens with one attached hydrogen (secondary N) is 1. The van der Waals surface area contributed by atoms with Gasteiger partial charge in [-0.05, 0) is 24.3 Å². The van der Waals surface area contributed by atoms with Crippen molar-refractivity contribution in [1.82, 2.24) is 5.32 Å². The second kappa shape index (κ2) is 5.22. The van der Waals surface area contributed by atoms with Gasteiger partial charge >= 0.3 is 11.8 Å². The molecule has 0 spiro atoms. The standard InChI is InChI=1S/C12H12N2O4/c13-11(15)12(16)14-7-8(9-3-1-5-17-9)10-4-2-6-18-10/h1-6,8H,7H2,(H2,13,15)(H,14,16). The fourth-order valence-corrected chi connectivity index (χ4v) is 1.60. The van der Waals surface area contributed by atoms with Gasteiger partial charge in [0.2, 0.25) is 0 Å². The zero-order valence-electron chi connectivity index (χ0n) is 9.46. The molecule has 0 saturated heterocycles. The Morgan fingerprint density at radius 3 is 2.11 bits per heavy atom. The molecule has 94 valence electrons. The second-order valence-electron chi connectivity index (χ2n) is 3.66. The average molecular weight is 248 g/mol. The first-order valence-electron chi connectivity index (χ1n) is 5.33. The van der Waals surface area contributed by atoms with Gasteiger partial charge in [0, 0.05) is 6.54 Å². The zero-order chi connectivity index (χ0) is 13.0. The molecule has 0 radical (unpaired) electrons. The fraction of sp³-hybridized carbons (Fsp3) is 0.167. The predicted octanol–water partition coefficient (Wildman–Crippen LogP) is 0.606. The number of hydrogen-bond donors (Lipinski definition) is 2. The molecule has 2 rings (SSSR count). The average Bonchev–Trinajstić information content (AvgIpc) is 3.01. The summed E-state index contributed by atoms with van der Waals surface area (Å²) in [6.07, 6.45) is 3.06. The summed E-state index contributed by atoms with van der Waals surface area (Å²) in [5.41, 5.74) is 4.86. The van der Waals surface area contributed by atoms with Crippen LogP contribution < -0.4 is 11.1 Å². The van der Waals surface area contributed by atoms with Gasteiger partial charge in [0.15, 0.2) is 0 Å². The van der Waals surface area contributed by atoms with Crippen molar-refractivity contribution in [3.05, 3.63) is 48.3 Å². The summed E-state index contributed by atoms with van der Waals surface area (Å²) in [5, 5.41) is 2.43. The highest BCUT2D eigenvalue weighted by molar-refractivity contribution is 6.34. The summed E-state index contributed by atoms with van der Waals surface area (Å²) in [6.45, 7) is 0.169. The number of amides is 2. The van der Waals surface area contributed by atoms with Crippen LogP contribution in [0.2, 0.25) is 0 Å². The summed E-state index contributed by atoms with van der Waals surface area (Å²) >= 11 is 0. The molecule has 2 aromatic heterocycles. The molecular formula is C12H12N2O4. The first-order valence-corrected chi connectivity index (χ1v) is 5.33. The maximum absolute atomic E-state index is 11.1. The van der Waals surface area contributed by atoms with Crippen LogP contribution in [0.4, 0.5) is 0 Å². The van der Waals surface area contributed by atoms with Gasteiger partial charge in [0.1, 0.15) is 11.5 Å². The molecular weight excluding hydrogens is 236 g/mol. The monoisotopic (exact) mass is 248 g/mol. The predicted molar refractivity (Wildman–Crippen MR) is 61.5 cm³/mol. The molecule has 0 atom stereocenters. The lowest BCUT2D eigenvalue weighted by molar-refractivity contribution is -0.137. The van der Waals surface area contributed by atoms with Crippen LogP contribution in [0.1, 0.15) is 17.4 Å². The Morgan fingerprint density at radius 1 is 1.17 bits per heavy atom. The van der Waals surface area contributed by atoms with Gasteiger partial charge < -0.3 is 19.9 Å². The lowest BCUT2D eigenvalue weighted by Crippen LogP contribution is -2.38. The Morgan fingerprint density at radius 2 is 1.72 bits per heavy atom. The van der Waals surface area contributed by atoms with Crippen molar-refractivity contribution in [2.45, 2.75) is 5.92 Å². The number of carbonyl (C=O) groups is 2. The molecule has 0 aromatic carbocycles. The molecule has 2 heterocycles. The molecule has 2 amide bonds. The first-order chi connectivity index (χ1) is 8.68. The van der Waals surface area contributed by atoms with Gasteiger partial charge in [-0.2, -0.15) is 0 Å². The third-order valence-electron chi connectivity index (χ3n) is 2.46. The summed E-state index contributed by atoms with van der Waals surface area (Å²) < 4.78 is 10.6. The summed E-state index contributed by atoms with van der Waals surface area (Å²) in [4.78, 5) is 21.8. The molecule has 2 aromatic rings. The molecule has 0 fully saturated rings. The van der Waals surface area contributed by atoms with E-state index in [0.29, 0.717) is 11.5 Å². The number of carbonyl (C=O) groups excluding carboxylic acids is 2. The van der Waals surface area contributed by atoms with Crippen LogP contribution in [0, 0.1) is 0 Å². The normalized spacial score (nSPS) is 10.5. The lowest BCUT2D eigenvalue weighted by atomic mass is 10.0. The molecule has 3 N–H and O–H groups in total. The molecule has 0 saturated carbocycles. The molecule has 18 heavy (non-hydrogen) atoms. The van der Waals surface area contributed by atoms with Gasteiger partial charge in [-0.25, -0.2) is 0 Å². The van der Waals surface area contributed by atoms with Crippen LogP contribution in [0.3, 0.4) is 0 Å². The molecule has 0 aliphatic rings. The van der Waals surface area contributed by atoms with Crippen LogP contribution in [-0.4, -0.2) is 18.4 Å². The van der Waals surface area contributed by atoms with Gasteiger partial charge in [0.05, 0.1) is 18.4 Å². The number of hydrogen-bond acceptors (Lipinski definition) is 4. The van der Waals surface area contributed by atoms with E-state index in [-0.39, 0.29) is 12.5 Å². The molecule has 6 heteroatoms. The van der Waals surface area contributed by atoms with E-state index in [1.165, 1.54) is 12.5 Å². The van der Waals surface area contributed by atoms with E-state index in [4.69, 9.17) is 14.6 Å². The highest BCUT2D eigenvalue weighted by atomic mass is 16.3. The Hall–Kier alpha value is -2.50. The summed E-state index contributed by atoms with van der Waals surface area (Å²) in [6, 6.07) is 7.01. The van der Waals surface area contributed by atoms with Crippen molar-refractivity contribution in [1.29, 1.82) is 0 Å². The van der Waals surface area contributed by atoms with Gasteiger partial charge in [-0.3, -0.25) is 9.59 Å². The van der Waals surface area contributed by atoms with Crippen molar-refractivity contribution in [2.75, 3.05) is 6.54 Å². The third-order valence-corrected chi connectivity index (χ3v) is 2.46. The highest BCUT2D eigenvalue weighted by Crippen LogP contribution is 2.24. The van der Waals surface area contributed by atoms with Gasteiger partial charge in [-0.1, -0.05) is 0 Å². The molecule has 0 aliphatic heterocycles. The minimum Gasteiger partial charge on any atom is -0.469 e. The van der Waals surface area contributed by atoms with E-state index in [9.17, 15) is 9.59 Å². The Labute approximate surface area is 103 Å². The van der Waals surface area contributed by atoms with Crippen molar-refractivity contribution in [3.63, 3.8) is 0 Å². The third kappa shape index (κ3) is 2.60. The Kier molecular flexibility index (Phi) is 3.47. The molecule has 0 unspecified atom stereocenters. The largest absolute Gasteiger partial charge is 0.469 e. The Bertz CT molecular complexity index is 482. The fourth-order valence-electron chi connectivity index (χ4n) is 1.60. The van der Waals surface area contributed by atoms with Crippen molar-refractivity contribution >= 4 is 11.8 Å². The van der Waals surface area contributed by atoms with E-state index in [0.717, 1.165) is 0 Å². The van der Waals surface area contributed by atoms with E-state index >= 15 is 0 Å². The van der Waals surface area contributed by atoms with Crippen molar-refractivity contribution in [2.24, 2.45) is 5.73 Å². The molecule has 0 bridgehead atoms. The minimum atomic E-state index is -1.02. The lowest BCUT2D eigenvalue weighted by Gasteiger charge is -2.12. The van der Waals surface area contributed by atoms with Crippen LogP contribution in [-0.2, 0) is 9.59 Å². The van der Waals surface area contributed by atoms with E-state index in [2.05, 4.69) is 5.32 Å². The number of furan rings is 2. The van der Waals surface area contributed by atoms with Crippen LogP contribution in [0.25, 0.3) is 0 Å². The van der Waals surface area contributed by atoms with Crippen LogP contribution in [0.15, 0.2) is 45.6 Å². The Balaban J connectivity index is 2.12. The van der Waals surface area contributed by atoms with E-state index in [1.54, 1.807) is 24.3 Å². The highest BCUT2D eigenvalue weighted by Gasteiger charge is 2.21. The maximum Gasteiger partial charge on any atom is 0.309 e. The SMILES string of the molecule is NC(=O)C(=O)NCC(c1ccco1)c1ccco1.